The Bertz CT molecular complexity index is 1160. The van der Waals surface area contributed by atoms with Gasteiger partial charge in [0, 0.05) is 37.2 Å². The Balaban J connectivity index is 1.22. The number of likely N-dealkylation sites (tertiary alicyclic amines) is 2. The molecule has 2 aromatic carbocycles. The fourth-order valence-electron chi connectivity index (χ4n) is 5.37. The number of para-hydroxylation sites is 1. The summed E-state index contributed by atoms with van der Waals surface area (Å²) in [5.74, 6) is 0.155. The Morgan fingerprint density at radius 1 is 0.921 bits per heavy atom. The zero-order valence-electron chi connectivity index (χ0n) is 21.0. The molecule has 0 radical (unpaired) electrons. The van der Waals surface area contributed by atoms with Crippen molar-refractivity contribution in [2.75, 3.05) is 32.8 Å². The van der Waals surface area contributed by atoms with Gasteiger partial charge >= 0.3 is 6.36 Å². The third kappa shape index (κ3) is 5.90. The molecule has 1 unspecified atom stereocenters. The Morgan fingerprint density at radius 3 is 2.26 bits per heavy atom. The van der Waals surface area contributed by atoms with Crippen molar-refractivity contribution >= 4 is 11.8 Å². The number of alkyl halides is 3. The van der Waals surface area contributed by atoms with Crippen molar-refractivity contribution in [1.82, 2.24) is 9.80 Å². The Labute approximate surface area is 219 Å². The van der Waals surface area contributed by atoms with Crippen LogP contribution in [-0.2, 0) is 0 Å². The van der Waals surface area contributed by atoms with Gasteiger partial charge in [-0.1, -0.05) is 12.1 Å². The van der Waals surface area contributed by atoms with E-state index in [9.17, 15) is 27.9 Å². The first-order valence-electron chi connectivity index (χ1n) is 13.0. The van der Waals surface area contributed by atoms with Crippen molar-refractivity contribution in [3.8, 4) is 11.5 Å². The minimum Gasteiger partial charge on any atom is -0.493 e. The molecule has 1 saturated carbocycles. The lowest BCUT2D eigenvalue weighted by Crippen LogP contribution is -2.58. The average molecular weight is 533 g/mol. The molecule has 3 fully saturated rings. The van der Waals surface area contributed by atoms with Crippen molar-refractivity contribution < 1.29 is 37.3 Å². The van der Waals surface area contributed by atoms with Crippen LogP contribution in [0, 0.1) is 11.3 Å². The first-order valence-corrected chi connectivity index (χ1v) is 13.0. The summed E-state index contributed by atoms with van der Waals surface area (Å²) in [5.41, 5.74) is -0.199. The summed E-state index contributed by atoms with van der Waals surface area (Å²) in [6.45, 7) is 1.98. The van der Waals surface area contributed by atoms with Gasteiger partial charge in [0.15, 0.2) is 0 Å². The summed E-state index contributed by atoms with van der Waals surface area (Å²) in [4.78, 5) is 29.6. The lowest BCUT2D eigenvalue weighted by Gasteiger charge is -2.50. The number of amides is 2. The standard InChI is InChI=1S/C28H31F3N2O5/c29-28(30,31)38-23-4-2-1-3-22(23)26(36)32-15-12-27(13-16-32)18-33(14-11-24(27)34)25(35)20-7-9-21(10-8-20)37-17-19-5-6-19/h1-4,7-10,19,24,34H,5-6,11-18H2. The molecule has 38 heavy (non-hydrogen) atoms. The number of hydrogen-bond acceptors (Lipinski definition) is 5. The molecule has 2 aliphatic heterocycles. The molecule has 2 saturated heterocycles. The molecule has 1 spiro atoms. The maximum Gasteiger partial charge on any atom is 0.573 e. The lowest BCUT2D eigenvalue weighted by atomic mass is 9.70. The topological polar surface area (TPSA) is 79.3 Å². The van der Waals surface area contributed by atoms with Crippen molar-refractivity contribution in [1.29, 1.82) is 0 Å². The number of aliphatic hydroxyl groups excluding tert-OH is 1. The molecule has 1 N–H and O–H groups in total. The van der Waals surface area contributed by atoms with Crippen LogP contribution in [0.5, 0.6) is 11.5 Å². The van der Waals surface area contributed by atoms with Crippen LogP contribution in [0.4, 0.5) is 13.2 Å². The predicted molar refractivity (Wildman–Crippen MR) is 132 cm³/mol. The zero-order chi connectivity index (χ0) is 26.9. The number of carbonyl (C=O) groups is 2. The van der Waals surface area contributed by atoms with Gasteiger partial charge in [-0.15, -0.1) is 13.2 Å². The highest BCUT2D eigenvalue weighted by atomic mass is 19.4. The molecule has 5 rings (SSSR count). The molecule has 1 aliphatic carbocycles. The molecule has 7 nitrogen and oxygen atoms in total. The number of nitrogens with zero attached hydrogens (tertiary/aromatic N) is 2. The second kappa shape index (κ2) is 10.5. The summed E-state index contributed by atoms with van der Waals surface area (Å²) >= 11 is 0. The molecule has 0 aromatic heterocycles. The fraction of sp³-hybridized carbons (Fsp3) is 0.500. The normalized spacial score (nSPS) is 21.3. The number of piperidine rings is 2. The summed E-state index contributed by atoms with van der Waals surface area (Å²) < 4.78 is 48.2. The number of ether oxygens (including phenoxy) is 2. The maximum atomic E-state index is 13.3. The lowest BCUT2D eigenvalue weighted by molar-refractivity contribution is -0.274. The van der Waals surface area contributed by atoms with Crippen molar-refractivity contribution in [3.63, 3.8) is 0 Å². The molecule has 2 amide bonds. The van der Waals surface area contributed by atoms with E-state index >= 15 is 0 Å². The van der Waals surface area contributed by atoms with Gasteiger partial charge < -0.3 is 24.4 Å². The Morgan fingerprint density at radius 2 is 1.61 bits per heavy atom. The fourth-order valence-corrected chi connectivity index (χ4v) is 5.37. The van der Waals surface area contributed by atoms with E-state index in [1.165, 1.54) is 35.9 Å². The van der Waals surface area contributed by atoms with Crippen LogP contribution >= 0.6 is 0 Å². The zero-order valence-corrected chi connectivity index (χ0v) is 21.0. The molecule has 2 aromatic rings. The molecule has 2 heterocycles. The quantitative estimate of drug-likeness (QED) is 0.593. The van der Waals surface area contributed by atoms with Crippen LogP contribution in [0.15, 0.2) is 48.5 Å². The van der Waals surface area contributed by atoms with Gasteiger partial charge in [-0.3, -0.25) is 9.59 Å². The molecule has 1 atom stereocenters. The smallest absolute Gasteiger partial charge is 0.493 e. The number of hydrogen-bond donors (Lipinski definition) is 1. The van der Waals surface area contributed by atoms with Crippen molar-refractivity contribution in [2.45, 2.75) is 44.6 Å². The van der Waals surface area contributed by atoms with E-state index in [0.29, 0.717) is 50.4 Å². The van der Waals surface area contributed by atoms with E-state index in [1.807, 2.05) is 0 Å². The molecule has 3 aliphatic rings. The van der Waals surface area contributed by atoms with E-state index in [2.05, 4.69) is 4.74 Å². The van der Waals surface area contributed by atoms with Gasteiger partial charge in [-0.2, -0.15) is 0 Å². The third-order valence-electron chi connectivity index (χ3n) is 7.85. The summed E-state index contributed by atoms with van der Waals surface area (Å²) in [5, 5.41) is 10.9. The number of rotatable bonds is 6. The van der Waals surface area contributed by atoms with Gasteiger partial charge in [0.2, 0.25) is 0 Å². The highest BCUT2D eigenvalue weighted by Crippen LogP contribution is 2.41. The van der Waals surface area contributed by atoms with Crippen LogP contribution < -0.4 is 9.47 Å². The monoisotopic (exact) mass is 532 g/mol. The second-order valence-electron chi connectivity index (χ2n) is 10.5. The van der Waals surface area contributed by atoms with E-state index in [4.69, 9.17) is 4.74 Å². The van der Waals surface area contributed by atoms with Crippen LogP contribution in [-0.4, -0.2) is 72.0 Å². The SMILES string of the molecule is O=C(c1ccc(OCC2CC2)cc1)N1CCC(O)C2(CCN(C(=O)c3ccccc3OC(F)(F)F)CC2)C1. The number of aliphatic hydroxyl groups is 1. The van der Waals surface area contributed by atoms with Crippen LogP contribution in [0.1, 0.15) is 52.8 Å². The molecule has 0 bridgehead atoms. The first-order chi connectivity index (χ1) is 18.1. The largest absolute Gasteiger partial charge is 0.573 e. The Kier molecular flexibility index (Phi) is 7.26. The number of halogens is 3. The Hall–Kier alpha value is -3.27. The molecule has 204 valence electrons. The minimum atomic E-state index is -4.91. The first kappa shape index (κ1) is 26.3. The van der Waals surface area contributed by atoms with Gasteiger partial charge in [0.1, 0.15) is 11.5 Å². The maximum absolute atomic E-state index is 13.3. The third-order valence-corrected chi connectivity index (χ3v) is 7.85. The number of carbonyl (C=O) groups excluding carboxylic acids is 2. The minimum absolute atomic E-state index is 0.123. The van der Waals surface area contributed by atoms with Gasteiger partial charge in [0.25, 0.3) is 11.8 Å². The van der Waals surface area contributed by atoms with Crippen LogP contribution in [0.3, 0.4) is 0 Å². The van der Waals surface area contributed by atoms with E-state index in [-0.39, 0.29) is 24.6 Å². The number of benzene rings is 2. The average Bonchev–Trinajstić information content (AvgIpc) is 3.73. The van der Waals surface area contributed by atoms with Crippen LogP contribution in [0.25, 0.3) is 0 Å². The summed E-state index contributed by atoms with van der Waals surface area (Å²) in [6, 6.07) is 12.4. The van der Waals surface area contributed by atoms with Gasteiger partial charge in [0.05, 0.1) is 18.3 Å². The summed E-state index contributed by atoms with van der Waals surface area (Å²) in [7, 11) is 0. The van der Waals surface area contributed by atoms with E-state index < -0.39 is 29.5 Å². The highest BCUT2D eigenvalue weighted by molar-refractivity contribution is 5.97. The van der Waals surface area contributed by atoms with Crippen molar-refractivity contribution in [3.05, 3.63) is 59.7 Å². The van der Waals surface area contributed by atoms with E-state index in [1.54, 1.807) is 29.2 Å². The molecular weight excluding hydrogens is 501 g/mol. The highest BCUT2D eigenvalue weighted by Gasteiger charge is 2.46. The molecule has 10 heteroatoms. The predicted octanol–water partition coefficient (Wildman–Crippen LogP) is 4.50. The van der Waals surface area contributed by atoms with E-state index in [0.717, 1.165) is 11.8 Å². The van der Waals surface area contributed by atoms with Crippen molar-refractivity contribution in [2.24, 2.45) is 11.3 Å². The summed E-state index contributed by atoms with van der Waals surface area (Å²) in [6.07, 6.45) is -1.86. The van der Waals surface area contributed by atoms with Gasteiger partial charge in [-0.25, -0.2) is 0 Å². The van der Waals surface area contributed by atoms with Gasteiger partial charge in [-0.05, 0) is 74.4 Å². The van der Waals surface area contributed by atoms with Crippen LogP contribution in [0.2, 0.25) is 0 Å². The second-order valence-corrected chi connectivity index (χ2v) is 10.5. The molecular formula is C28H31F3N2O5.